The third-order valence-corrected chi connectivity index (χ3v) is 4.14. The topological polar surface area (TPSA) is 54.7 Å². The zero-order valence-electron chi connectivity index (χ0n) is 15.3. The van der Waals surface area contributed by atoms with Gasteiger partial charge in [0, 0.05) is 17.5 Å². The van der Waals surface area contributed by atoms with Gasteiger partial charge in [-0.15, -0.1) is 0 Å². The van der Waals surface area contributed by atoms with Crippen LogP contribution in [-0.2, 0) is 0 Å². The summed E-state index contributed by atoms with van der Waals surface area (Å²) in [4.78, 5) is 0. The van der Waals surface area contributed by atoms with Crippen molar-refractivity contribution in [1.82, 2.24) is 10.2 Å². The van der Waals surface area contributed by atoms with E-state index in [0.717, 1.165) is 17.7 Å². The van der Waals surface area contributed by atoms with Gasteiger partial charge in [0.05, 0.1) is 6.20 Å². The van der Waals surface area contributed by atoms with Crippen molar-refractivity contribution in [1.29, 1.82) is 0 Å². The zero-order chi connectivity index (χ0) is 18.2. The van der Waals surface area contributed by atoms with Crippen LogP contribution in [0.5, 0.6) is 0 Å². The Kier molecular flexibility index (Phi) is 6.58. The summed E-state index contributed by atoms with van der Waals surface area (Å²) in [7, 11) is 0. The lowest BCUT2D eigenvalue weighted by molar-refractivity contribution is 0.746. The molecule has 0 amide bonds. The molecule has 130 valence electrons. The van der Waals surface area contributed by atoms with E-state index < -0.39 is 0 Å². The van der Waals surface area contributed by atoms with Gasteiger partial charge in [0.1, 0.15) is 0 Å². The van der Waals surface area contributed by atoms with Crippen molar-refractivity contribution in [2.24, 2.45) is 5.73 Å². The number of allylic oxidation sites excluding steroid dienone is 3. The Morgan fingerprint density at radius 1 is 1.16 bits per heavy atom. The van der Waals surface area contributed by atoms with Crippen molar-refractivity contribution in [3.63, 3.8) is 0 Å². The van der Waals surface area contributed by atoms with Crippen LogP contribution in [-0.4, -0.2) is 10.2 Å². The second-order valence-corrected chi connectivity index (χ2v) is 5.89. The average Bonchev–Trinajstić information content (AvgIpc) is 3.17. The molecular formula is C22H27N3. The molecule has 3 heteroatoms. The summed E-state index contributed by atoms with van der Waals surface area (Å²) in [5, 5.41) is 9.36. The first-order valence-corrected chi connectivity index (χ1v) is 8.77. The van der Waals surface area contributed by atoms with Crippen LogP contribution in [0.3, 0.4) is 0 Å². The second-order valence-electron chi connectivity index (χ2n) is 5.89. The molecule has 0 aliphatic heterocycles. The molecule has 2 aromatic carbocycles. The summed E-state index contributed by atoms with van der Waals surface area (Å²) < 4.78 is 0. The van der Waals surface area contributed by atoms with Gasteiger partial charge in [-0.1, -0.05) is 63.8 Å². The molecule has 25 heavy (non-hydrogen) atoms. The van der Waals surface area contributed by atoms with E-state index >= 15 is 0 Å². The van der Waals surface area contributed by atoms with E-state index in [1.165, 1.54) is 21.9 Å². The van der Waals surface area contributed by atoms with Crippen LogP contribution in [0, 0.1) is 0 Å². The Hall–Kier alpha value is -2.81. The van der Waals surface area contributed by atoms with Crippen LogP contribution in [0.4, 0.5) is 0 Å². The second kappa shape index (κ2) is 8.88. The number of H-pyrrole nitrogens is 1. The van der Waals surface area contributed by atoms with Crippen molar-refractivity contribution in [2.45, 2.75) is 33.1 Å². The molecule has 1 heterocycles. The Labute approximate surface area is 150 Å². The van der Waals surface area contributed by atoms with Crippen LogP contribution < -0.4 is 5.73 Å². The minimum absolute atomic E-state index is 0.369. The summed E-state index contributed by atoms with van der Waals surface area (Å²) in [6, 6.07) is 13.1. The van der Waals surface area contributed by atoms with Crippen molar-refractivity contribution in [2.75, 3.05) is 0 Å². The summed E-state index contributed by atoms with van der Waals surface area (Å²) >= 11 is 0. The van der Waals surface area contributed by atoms with E-state index in [0.29, 0.717) is 5.92 Å². The highest BCUT2D eigenvalue weighted by molar-refractivity contribution is 5.87. The molecule has 0 aliphatic rings. The number of nitrogens with zero attached hydrogens (tertiary/aromatic N) is 1. The number of aromatic amines is 1. The SMILES string of the molecule is C=C/C=C(\N)CC(C)c1ccc2ccc(-c3cn[nH]c3)cc2c1.CC. The van der Waals surface area contributed by atoms with Gasteiger partial charge in [0.25, 0.3) is 0 Å². The molecule has 3 rings (SSSR count). The monoisotopic (exact) mass is 333 g/mol. The van der Waals surface area contributed by atoms with Gasteiger partial charge in [-0.3, -0.25) is 5.10 Å². The van der Waals surface area contributed by atoms with Gasteiger partial charge in [-0.05, 0) is 46.4 Å². The summed E-state index contributed by atoms with van der Waals surface area (Å²) in [5.74, 6) is 0.369. The molecular weight excluding hydrogens is 306 g/mol. The number of benzene rings is 2. The van der Waals surface area contributed by atoms with E-state index in [1.807, 2.05) is 32.3 Å². The quantitative estimate of drug-likeness (QED) is 0.582. The summed E-state index contributed by atoms with van der Waals surface area (Å²) in [5.41, 5.74) is 10.4. The lowest BCUT2D eigenvalue weighted by Gasteiger charge is -2.13. The summed E-state index contributed by atoms with van der Waals surface area (Å²) in [6.07, 6.45) is 8.19. The fourth-order valence-electron chi connectivity index (χ4n) is 2.85. The molecule has 0 bridgehead atoms. The number of nitrogens with one attached hydrogen (secondary N) is 1. The molecule has 1 aromatic heterocycles. The fourth-order valence-corrected chi connectivity index (χ4v) is 2.85. The molecule has 0 saturated heterocycles. The third kappa shape index (κ3) is 4.60. The number of hydrogen-bond donors (Lipinski definition) is 2. The van der Waals surface area contributed by atoms with Gasteiger partial charge >= 0.3 is 0 Å². The molecule has 0 spiro atoms. The molecule has 0 radical (unpaired) electrons. The number of aromatic nitrogens is 2. The maximum atomic E-state index is 6.00. The Morgan fingerprint density at radius 2 is 1.92 bits per heavy atom. The number of hydrogen-bond acceptors (Lipinski definition) is 2. The van der Waals surface area contributed by atoms with E-state index in [4.69, 9.17) is 5.73 Å². The third-order valence-electron chi connectivity index (χ3n) is 4.14. The fraction of sp³-hybridized carbons (Fsp3) is 0.227. The molecule has 0 saturated carbocycles. The maximum absolute atomic E-state index is 6.00. The van der Waals surface area contributed by atoms with Gasteiger partial charge in [0.15, 0.2) is 0 Å². The van der Waals surface area contributed by atoms with Crippen LogP contribution in [0.15, 0.2) is 73.2 Å². The van der Waals surface area contributed by atoms with Crippen LogP contribution >= 0.6 is 0 Å². The molecule has 1 atom stereocenters. The molecule has 3 aromatic rings. The predicted octanol–water partition coefficient (Wildman–Crippen LogP) is 5.78. The molecule has 3 nitrogen and oxygen atoms in total. The highest BCUT2D eigenvalue weighted by Gasteiger charge is 2.08. The van der Waals surface area contributed by atoms with Crippen LogP contribution in [0.1, 0.15) is 38.7 Å². The van der Waals surface area contributed by atoms with Gasteiger partial charge in [-0.25, -0.2) is 0 Å². The van der Waals surface area contributed by atoms with Crippen molar-refractivity contribution in [3.8, 4) is 11.1 Å². The first-order valence-electron chi connectivity index (χ1n) is 8.77. The predicted molar refractivity (Wildman–Crippen MR) is 108 cm³/mol. The first kappa shape index (κ1) is 18.5. The lowest BCUT2D eigenvalue weighted by atomic mass is 9.93. The number of rotatable bonds is 5. The Balaban J connectivity index is 0.00000109. The summed E-state index contributed by atoms with van der Waals surface area (Å²) in [6.45, 7) is 9.89. The first-order chi connectivity index (χ1) is 12.2. The average molecular weight is 333 g/mol. The lowest BCUT2D eigenvalue weighted by Crippen LogP contribution is -2.03. The highest BCUT2D eigenvalue weighted by atomic mass is 15.1. The van der Waals surface area contributed by atoms with E-state index in [-0.39, 0.29) is 0 Å². The van der Waals surface area contributed by atoms with Crippen molar-refractivity contribution >= 4 is 10.8 Å². The number of nitrogens with two attached hydrogens (primary N) is 1. The maximum Gasteiger partial charge on any atom is 0.0565 e. The minimum Gasteiger partial charge on any atom is -0.402 e. The number of fused-ring (bicyclic) bond motifs is 1. The zero-order valence-corrected chi connectivity index (χ0v) is 15.3. The van der Waals surface area contributed by atoms with E-state index in [1.54, 1.807) is 6.08 Å². The van der Waals surface area contributed by atoms with Gasteiger partial charge < -0.3 is 5.73 Å². The van der Waals surface area contributed by atoms with Crippen molar-refractivity contribution in [3.05, 3.63) is 78.8 Å². The van der Waals surface area contributed by atoms with Gasteiger partial charge in [0.2, 0.25) is 0 Å². The largest absolute Gasteiger partial charge is 0.402 e. The van der Waals surface area contributed by atoms with Crippen molar-refractivity contribution < 1.29 is 0 Å². The van der Waals surface area contributed by atoms with Crippen LogP contribution in [0.25, 0.3) is 21.9 Å². The highest BCUT2D eigenvalue weighted by Crippen LogP contribution is 2.28. The molecule has 3 N–H and O–H groups in total. The Morgan fingerprint density at radius 3 is 2.60 bits per heavy atom. The standard InChI is InChI=1S/C20H21N3.C2H6/c1-3-4-20(21)9-14(2)16-7-5-15-6-8-17(11-18(15)10-16)19-12-22-23-13-19;1-2/h3-8,10-14H,1,9,21H2,2H3,(H,22,23);1-2H3/b20-4-;. The normalized spacial score (nSPS) is 12.4. The van der Waals surface area contributed by atoms with Crippen LogP contribution in [0.2, 0.25) is 0 Å². The smallest absolute Gasteiger partial charge is 0.0565 e. The van der Waals surface area contributed by atoms with Gasteiger partial charge in [-0.2, -0.15) is 5.10 Å². The van der Waals surface area contributed by atoms with E-state index in [9.17, 15) is 0 Å². The Bertz CT molecular complexity index is 845. The molecule has 1 unspecified atom stereocenters. The minimum atomic E-state index is 0.369. The molecule has 0 aliphatic carbocycles. The van der Waals surface area contributed by atoms with E-state index in [2.05, 4.69) is 60.1 Å². The molecule has 0 fully saturated rings.